The standard InChI is InChI=1S/C28H56O2/c1-3-5-7-9-10-11-12-13-14-15-16-17-18-19-20-21-22-23-24-26-28(29)30-27-25-8-6-4-2/h3-27H2,1-2H3. The molecular weight excluding hydrogens is 368 g/mol. The van der Waals surface area contributed by atoms with Crippen LogP contribution in [0.5, 0.6) is 0 Å². The van der Waals surface area contributed by atoms with Crippen molar-refractivity contribution < 1.29 is 9.53 Å². The summed E-state index contributed by atoms with van der Waals surface area (Å²) in [6.45, 7) is 5.11. The first kappa shape index (κ1) is 29.5. The van der Waals surface area contributed by atoms with Gasteiger partial charge >= 0.3 is 5.97 Å². The summed E-state index contributed by atoms with van der Waals surface area (Å²) < 4.78 is 5.29. The molecule has 0 amide bonds. The molecular formula is C28H56O2. The predicted molar refractivity (Wildman–Crippen MR) is 133 cm³/mol. The molecule has 0 aromatic heterocycles. The van der Waals surface area contributed by atoms with E-state index in [-0.39, 0.29) is 5.97 Å². The van der Waals surface area contributed by atoms with E-state index < -0.39 is 0 Å². The lowest BCUT2D eigenvalue weighted by Gasteiger charge is -2.05. The summed E-state index contributed by atoms with van der Waals surface area (Å²) in [6, 6.07) is 0. The van der Waals surface area contributed by atoms with Gasteiger partial charge in [-0.15, -0.1) is 0 Å². The smallest absolute Gasteiger partial charge is 0.305 e. The highest BCUT2D eigenvalue weighted by atomic mass is 16.5. The summed E-state index contributed by atoms with van der Waals surface area (Å²) in [4.78, 5) is 11.6. The van der Waals surface area contributed by atoms with E-state index in [1.54, 1.807) is 0 Å². The van der Waals surface area contributed by atoms with Crippen molar-refractivity contribution in [1.29, 1.82) is 0 Å². The third kappa shape index (κ3) is 25.5. The molecule has 180 valence electrons. The molecule has 0 aromatic carbocycles. The highest BCUT2D eigenvalue weighted by molar-refractivity contribution is 5.69. The molecule has 30 heavy (non-hydrogen) atoms. The van der Waals surface area contributed by atoms with E-state index >= 15 is 0 Å². The molecule has 0 aromatic rings. The van der Waals surface area contributed by atoms with E-state index in [1.807, 2.05) is 0 Å². The third-order valence-corrected chi connectivity index (χ3v) is 6.25. The molecule has 0 spiro atoms. The van der Waals surface area contributed by atoms with Crippen LogP contribution in [-0.2, 0) is 9.53 Å². The van der Waals surface area contributed by atoms with E-state index in [9.17, 15) is 4.79 Å². The fourth-order valence-electron chi connectivity index (χ4n) is 4.13. The van der Waals surface area contributed by atoms with Crippen LogP contribution in [0.3, 0.4) is 0 Å². The fraction of sp³-hybridized carbons (Fsp3) is 0.964. The second kappa shape index (κ2) is 26.5. The average molecular weight is 425 g/mol. The minimum Gasteiger partial charge on any atom is -0.466 e. The Kier molecular flexibility index (Phi) is 26.0. The summed E-state index contributed by atoms with van der Waals surface area (Å²) in [5.41, 5.74) is 0. The van der Waals surface area contributed by atoms with Crippen molar-refractivity contribution in [1.82, 2.24) is 0 Å². The van der Waals surface area contributed by atoms with Gasteiger partial charge in [-0.3, -0.25) is 4.79 Å². The first-order valence-electron chi connectivity index (χ1n) is 14.0. The third-order valence-electron chi connectivity index (χ3n) is 6.25. The SMILES string of the molecule is CCCCCCCCCCCCCCCCCCCCCC(=O)OCCCCCC. The van der Waals surface area contributed by atoms with Gasteiger partial charge in [0.05, 0.1) is 6.61 Å². The number of esters is 1. The molecule has 0 saturated carbocycles. The van der Waals surface area contributed by atoms with Gasteiger partial charge in [0.25, 0.3) is 0 Å². The van der Waals surface area contributed by atoms with Crippen LogP contribution >= 0.6 is 0 Å². The zero-order valence-electron chi connectivity index (χ0n) is 21.0. The monoisotopic (exact) mass is 424 g/mol. The Morgan fingerprint density at radius 2 is 0.733 bits per heavy atom. The highest BCUT2D eigenvalue weighted by Gasteiger charge is 2.02. The molecule has 0 fully saturated rings. The van der Waals surface area contributed by atoms with Crippen LogP contribution in [0.4, 0.5) is 0 Å². The second-order valence-corrected chi connectivity index (χ2v) is 9.40. The minimum absolute atomic E-state index is 0.0125. The largest absolute Gasteiger partial charge is 0.466 e. The Bertz CT molecular complexity index is 327. The first-order chi connectivity index (χ1) is 14.8. The van der Waals surface area contributed by atoms with Gasteiger partial charge in [0.15, 0.2) is 0 Å². The van der Waals surface area contributed by atoms with Crippen LogP contribution in [0, 0.1) is 0 Å². The zero-order chi connectivity index (χ0) is 22.0. The van der Waals surface area contributed by atoms with Gasteiger partial charge in [0.1, 0.15) is 0 Å². The maximum atomic E-state index is 11.6. The quantitative estimate of drug-likeness (QED) is 0.108. The summed E-state index contributed by atoms with van der Waals surface area (Å²) in [6.07, 6.45) is 31.6. The van der Waals surface area contributed by atoms with E-state index in [0.717, 1.165) is 12.8 Å². The molecule has 0 N–H and O–H groups in total. The van der Waals surface area contributed by atoms with Gasteiger partial charge in [-0.05, 0) is 12.8 Å². The summed E-state index contributed by atoms with van der Waals surface area (Å²) >= 11 is 0. The molecule has 0 aliphatic heterocycles. The van der Waals surface area contributed by atoms with Crippen molar-refractivity contribution in [3.63, 3.8) is 0 Å². The van der Waals surface area contributed by atoms with Crippen LogP contribution in [0.25, 0.3) is 0 Å². The number of rotatable bonds is 25. The van der Waals surface area contributed by atoms with Crippen LogP contribution in [-0.4, -0.2) is 12.6 Å². The number of carbonyl (C=O) groups is 1. The molecule has 0 bridgehead atoms. The summed E-state index contributed by atoms with van der Waals surface area (Å²) in [5.74, 6) is 0.0125. The highest BCUT2D eigenvalue weighted by Crippen LogP contribution is 2.15. The molecule has 2 heteroatoms. The number of unbranched alkanes of at least 4 members (excludes halogenated alkanes) is 21. The van der Waals surface area contributed by atoms with Crippen molar-refractivity contribution in [3.05, 3.63) is 0 Å². The Morgan fingerprint density at radius 1 is 0.433 bits per heavy atom. The second-order valence-electron chi connectivity index (χ2n) is 9.40. The fourth-order valence-corrected chi connectivity index (χ4v) is 4.13. The molecule has 2 nitrogen and oxygen atoms in total. The molecule has 0 saturated heterocycles. The van der Waals surface area contributed by atoms with Crippen molar-refractivity contribution in [2.45, 2.75) is 168 Å². The topological polar surface area (TPSA) is 26.3 Å². The first-order valence-corrected chi connectivity index (χ1v) is 14.0. The summed E-state index contributed by atoms with van der Waals surface area (Å²) in [7, 11) is 0. The molecule has 0 atom stereocenters. The van der Waals surface area contributed by atoms with Gasteiger partial charge in [0, 0.05) is 6.42 Å². The van der Waals surface area contributed by atoms with E-state index in [4.69, 9.17) is 4.74 Å². The van der Waals surface area contributed by atoms with Gasteiger partial charge < -0.3 is 4.74 Å². The van der Waals surface area contributed by atoms with Crippen molar-refractivity contribution in [2.24, 2.45) is 0 Å². The Morgan fingerprint density at radius 3 is 1.10 bits per heavy atom. The van der Waals surface area contributed by atoms with Gasteiger partial charge in [0.2, 0.25) is 0 Å². The maximum Gasteiger partial charge on any atom is 0.305 e. The zero-order valence-corrected chi connectivity index (χ0v) is 21.0. The van der Waals surface area contributed by atoms with Crippen molar-refractivity contribution in [2.75, 3.05) is 6.61 Å². The molecule has 0 unspecified atom stereocenters. The van der Waals surface area contributed by atoms with E-state index in [2.05, 4.69) is 13.8 Å². The van der Waals surface area contributed by atoms with Crippen LogP contribution in [0.1, 0.15) is 168 Å². The maximum absolute atomic E-state index is 11.6. The van der Waals surface area contributed by atoms with E-state index in [0.29, 0.717) is 13.0 Å². The molecule has 0 radical (unpaired) electrons. The molecule has 0 aliphatic carbocycles. The van der Waals surface area contributed by atoms with Gasteiger partial charge in [-0.1, -0.05) is 149 Å². The van der Waals surface area contributed by atoms with Crippen molar-refractivity contribution in [3.8, 4) is 0 Å². The van der Waals surface area contributed by atoms with Crippen molar-refractivity contribution >= 4 is 5.97 Å². The average Bonchev–Trinajstić information content (AvgIpc) is 2.75. The molecule has 0 aliphatic rings. The lowest BCUT2D eigenvalue weighted by atomic mass is 10.0. The number of hydrogen-bond donors (Lipinski definition) is 0. The van der Waals surface area contributed by atoms with Crippen LogP contribution in [0.15, 0.2) is 0 Å². The van der Waals surface area contributed by atoms with Crippen LogP contribution in [0.2, 0.25) is 0 Å². The van der Waals surface area contributed by atoms with Gasteiger partial charge in [-0.25, -0.2) is 0 Å². The predicted octanol–water partition coefficient (Wildman–Crippen LogP) is 9.93. The number of hydrogen-bond acceptors (Lipinski definition) is 2. The lowest BCUT2D eigenvalue weighted by Crippen LogP contribution is -2.05. The Labute approximate surface area is 190 Å². The minimum atomic E-state index is 0.0125. The normalized spacial score (nSPS) is 11.1. The number of ether oxygens (including phenoxy) is 1. The lowest BCUT2D eigenvalue weighted by molar-refractivity contribution is -0.143. The molecule has 0 heterocycles. The Balaban J connectivity index is 3.08. The van der Waals surface area contributed by atoms with Crippen LogP contribution < -0.4 is 0 Å². The van der Waals surface area contributed by atoms with Gasteiger partial charge in [-0.2, -0.15) is 0 Å². The van der Waals surface area contributed by atoms with E-state index in [1.165, 1.54) is 135 Å². The Hall–Kier alpha value is -0.530. The summed E-state index contributed by atoms with van der Waals surface area (Å²) in [5, 5.41) is 0. The molecule has 0 rings (SSSR count). The number of carbonyl (C=O) groups excluding carboxylic acids is 1.